The van der Waals surface area contributed by atoms with Crippen LogP contribution < -0.4 is 16.4 Å². The van der Waals surface area contributed by atoms with Crippen LogP contribution in [0.4, 0.5) is 5.82 Å². The summed E-state index contributed by atoms with van der Waals surface area (Å²) in [5.41, 5.74) is 4.25. The van der Waals surface area contributed by atoms with Crippen LogP contribution in [0.15, 0.2) is 12.7 Å². The van der Waals surface area contributed by atoms with Gasteiger partial charge in [0.2, 0.25) is 11.8 Å². The number of carbonyl (C=O) groups excluding carboxylic acids is 3. The monoisotopic (exact) mass is 937 g/mol. The Morgan fingerprint density at radius 1 is 1.00 bits per heavy atom. The molecule has 0 spiro atoms. The van der Waals surface area contributed by atoms with E-state index < -0.39 is 90.7 Å². The summed E-state index contributed by atoms with van der Waals surface area (Å²) in [5, 5.41) is 36.3. The van der Waals surface area contributed by atoms with E-state index in [0.29, 0.717) is 6.42 Å². The third kappa shape index (κ3) is 17.0. The van der Waals surface area contributed by atoms with E-state index in [1.807, 2.05) is 0 Å². The molecule has 1 saturated heterocycles. The number of unbranched alkanes of at least 4 members (excludes halogenated alkanes) is 4. The van der Waals surface area contributed by atoms with Gasteiger partial charge >= 0.3 is 23.5 Å². The first-order valence-electron chi connectivity index (χ1n) is 18.7. The van der Waals surface area contributed by atoms with Crippen LogP contribution in [0.3, 0.4) is 0 Å². The van der Waals surface area contributed by atoms with E-state index in [0.717, 1.165) is 61.1 Å². The van der Waals surface area contributed by atoms with Gasteiger partial charge in [-0.05, 0) is 6.42 Å². The molecule has 25 nitrogen and oxygen atoms in total. The molecule has 29 heteroatoms. The number of rotatable bonds is 27. The Bertz CT molecular complexity index is 1890. The molecule has 60 heavy (non-hydrogen) atoms. The Balaban J connectivity index is 1.42. The summed E-state index contributed by atoms with van der Waals surface area (Å²) in [4.78, 5) is 87.9. The molecule has 0 saturated carbocycles. The van der Waals surface area contributed by atoms with Crippen molar-refractivity contribution in [2.45, 2.75) is 109 Å². The number of phosphoric ester groups is 3. The average Bonchev–Trinajstić information content (AvgIpc) is 3.71. The molecule has 1 aliphatic heterocycles. The molecule has 8 atom stereocenters. The first-order chi connectivity index (χ1) is 27.9. The van der Waals surface area contributed by atoms with Crippen molar-refractivity contribution in [3.05, 3.63) is 12.7 Å². The van der Waals surface area contributed by atoms with E-state index in [2.05, 4.69) is 41.3 Å². The fourth-order valence-electron chi connectivity index (χ4n) is 5.63. The minimum absolute atomic E-state index is 0.0221. The SMILES string of the molecule is CCCCCCC[C@H](O)CC(=O)SCCNC(=O)CCNC(=O)[C@@H](O)C(C)(C)COP(=O)(O)OP(=O)(O)OC[C@@H]1O[C@@H](n2cnc3c(N)ncnc32)[C@H](O)[C@H]1OP(=O)(O)O. The van der Waals surface area contributed by atoms with Crippen LogP contribution in [-0.2, 0) is 50.7 Å². The fourth-order valence-corrected chi connectivity index (χ4v) is 9.20. The quantitative estimate of drug-likeness (QED) is 0.0437. The number of aliphatic hydroxyl groups excluding tert-OH is 3. The maximum Gasteiger partial charge on any atom is 0.481 e. The molecule has 3 rings (SSSR count). The van der Waals surface area contributed by atoms with Crippen LogP contribution in [0.5, 0.6) is 0 Å². The third-order valence-electron chi connectivity index (χ3n) is 8.81. The van der Waals surface area contributed by atoms with Crippen LogP contribution in [0, 0.1) is 5.41 Å². The van der Waals surface area contributed by atoms with E-state index in [1.54, 1.807) is 0 Å². The average molecular weight is 938 g/mol. The molecule has 3 heterocycles. The van der Waals surface area contributed by atoms with Crippen molar-refractivity contribution in [3.63, 3.8) is 0 Å². The number of fused-ring (bicyclic) bond motifs is 1. The summed E-state index contributed by atoms with van der Waals surface area (Å²) in [6.07, 6.45) is -1.92. The molecule has 2 aromatic heterocycles. The number of nitrogens with zero attached hydrogens (tertiary/aromatic N) is 4. The zero-order valence-electron chi connectivity index (χ0n) is 33.0. The Morgan fingerprint density at radius 3 is 2.37 bits per heavy atom. The second-order valence-electron chi connectivity index (χ2n) is 14.4. The van der Waals surface area contributed by atoms with Crippen LogP contribution in [0.1, 0.15) is 78.4 Å². The molecule has 0 bridgehead atoms. The van der Waals surface area contributed by atoms with Gasteiger partial charge in [0.05, 0.1) is 25.6 Å². The molecular weight excluding hydrogens is 883 g/mol. The molecule has 0 radical (unpaired) electrons. The number of ether oxygens (including phenoxy) is 1. The summed E-state index contributed by atoms with van der Waals surface area (Å²) in [5.74, 6) is -1.23. The van der Waals surface area contributed by atoms with Gasteiger partial charge in [0, 0.05) is 37.1 Å². The van der Waals surface area contributed by atoms with Gasteiger partial charge in [-0.1, -0.05) is 64.6 Å². The lowest BCUT2D eigenvalue weighted by Gasteiger charge is -2.30. The number of imidazole rings is 1. The predicted octanol–water partition coefficient (Wildman–Crippen LogP) is 0.776. The number of nitrogen functional groups attached to an aromatic ring is 1. The molecule has 11 N–H and O–H groups in total. The normalized spacial score (nSPS) is 21.6. The number of nitrogens with one attached hydrogen (secondary N) is 2. The minimum atomic E-state index is -5.58. The number of anilines is 1. The second kappa shape index (κ2) is 23.3. The standard InChI is InChI=1S/C31H54N7O18P3S/c1-4-5-6-7-8-9-19(39)14-22(41)60-13-12-33-21(40)10-11-34-29(44)26(43)31(2,3)16-53-59(50,51)56-58(48,49)52-15-20-25(55-57(45,46)47)24(42)30(54-20)38-18-37-23-27(32)35-17-36-28(23)38/h17-20,24-26,30,39,42-43H,4-16H2,1-3H3,(H,33,40)(H,34,44)(H,48,49)(H,50,51)(H2,32,35,36)(H2,45,46,47)/t19-,20-,24+,25-,26+,30+/m0/s1. The first-order valence-corrected chi connectivity index (χ1v) is 24.2. The predicted molar refractivity (Wildman–Crippen MR) is 211 cm³/mol. The number of hydrogen-bond donors (Lipinski definition) is 10. The zero-order valence-corrected chi connectivity index (χ0v) is 36.5. The topological polar surface area (TPSA) is 384 Å². The van der Waals surface area contributed by atoms with Gasteiger partial charge in [-0.2, -0.15) is 4.31 Å². The smallest absolute Gasteiger partial charge is 0.393 e. The van der Waals surface area contributed by atoms with E-state index in [-0.39, 0.29) is 53.8 Å². The van der Waals surface area contributed by atoms with E-state index in [9.17, 15) is 63.0 Å². The van der Waals surface area contributed by atoms with Crippen molar-refractivity contribution in [2.75, 3.05) is 37.8 Å². The number of carbonyl (C=O) groups is 3. The van der Waals surface area contributed by atoms with Gasteiger partial charge in [-0.3, -0.25) is 32.5 Å². The minimum Gasteiger partial charge on any atom is -0.393 e. The number of phosphoric acid groups is 3. The molecule has 1 aliphatic rings. The van der Waals surface area contributed by atoms with Gasteiger partial charge in [0.15, 0.2) is 22.8 Å². The maximum atomic E-state index is 12.7. The van der Waals surface area contributed by atoms with Gasteiger partial charge in [0.1, 0.15) is 36.3 Å². The van der Waals surface area contributed by atoms with Crippen LogP contribution in [-0.4, -0.2) is 134 Å². The Hall–Kier alpha value is -2.48. The Morgan fingerprint density at radius 2 is 1.68 bits per heavy atom. The van der Waals surface area contributed by atoms with Crippen molar-refractivity contribution >= 4 is 69.1 Å². The number of nitrogens with two attached hydrogens (primary N) is 1. The highest BCUT2D eigenvalue weighted by Gasteiger charge is 2.50. The molecule has 2 amide bonds. The fraction of sp³-hybridized carbons (Fsp3) is 0.742. The highest BCUT2D eigenvalue weighted by atomic mass is 32.2. The van der Waals surface area contributed by atoms with Crippen LogP contribution in [0.2, 0.25) is 0 Å². The van der Waals surface area contributed by atoms with Gasteiger partial charge in [-0.25, -0.2) is 28.6 Å². The molecule has 0 aromatic carbocycles. The molecule has 2 unspecified atom stereocenters. The van der Waals surface area contributed by atoms with Crippen LogP contribution >= 0.6 is 35.2 Å². The van der Waals surface area contributed by atoms with E-state index >= 15 is 0 Å². The van der Waals surface area contributed by atoms with Crippen molar-refractivity contribution < 1.29 is 85.6 Å². The van der Waals surface area contributed by atoms with Gasteiger partial charge in [-0.15, -0.1) is 0 Å². The van der Waals surface area contributed by atoms with Crippen molar-refractivity contribution in [3.8, 4) is 0 Å². The molecule has 0 aliphatic carbocycles. The van der Waals surface area contributed by atoms with E-state index in [4.69, 9.17) is 19.5 Å². The van der Waals surface area contributed by atoms with Gasteiger partial charge in [0.25, 0.3) is 0 Å². The number of aromatic nitrogens is 4. The maximum absolute atomic E-state index is 12.7. The number of aliphatic hydroxyl groups is 3. The lowest BCUT2D eigenvalue weighted by Crippen LogP contribution is -2.46. The zero-order chi connectivity index (χ0) is 44.9. The summed E-state index contributed by atoms with van der Waals surface area (Å²) >= 11 is 0.986. The second-order valence-corrected chi connectivity index (χ2v) is 19.7. The molecule has 1 fully saturated rings. The van der Waals surface area contributed by atoms with Gasteiger partial charge < -0.3 is 56.0 Å². The van der Waals surface area contributed by atoms with Crippen molar-refractivity contribution in [1.82, 2.24) is 30.2 Å². The Kier molecular flexibility index (Phi) is 20.1. The van der Waals surface area contributed by atoms with Crippen LogP contribution in [0.25, 0.3) is 11.2 Å². The number of thioether (sulfide) groups is 1. The highest BCUT2D eigenvalue weighted by Crippen LogP contribution is 2.61. The summed E-state index contributed by atoms with van der Waals surface area (Å²) in [6.45, 7) is 2.50. The number of hydrogen-bond acceptors (Lipinski definition) is 19. The lowest BCUT2D eigenvalue weighted by molar-refractivity contribution is -0.137. The first kappa shape index (κ1) is 51.9. The highest BCUT2D eigenvalue weighted by molar-refractivity contribution is 8.13. The summed E-state index contributed by atoms with van der Waals surface area (Å²) in [7, 11) is -16.4. The summed E-state index contributed by atoms with van der Waals surface area (Å²) in [6, 6.07) is 0. The van der Waals surface area contributed by atoms with Crippen molar-refractivity contribution in [2.24, 2.45) is 5.41 Å². The largest absolute Gasteiger partial charge is 0.481 e. The molecule has 342 valence electrons. The van der Waals surface area contributed by atoms with Crippen molar-refractivity contribution in [1.29, 1.82) is 0 Å². The van der Waals surface area contributed by atoms with E-state index in [1.165, 1.54) is 13.8 Å². The third-order valence-corrected chi connectivity index (χ3v) is 12.8. The lowest BCUT2D eigenvalue weighted by atomic mass is 9.87. The Labute approximate surface area is 348 Å². The molecule has 2 aromatic rings. The molecular formula is C31H54N7O18P3S. The summed E-state index contributed by atoms with van der Waals surface area (Å²) < 4.78 is 62.2. The number of amides is 2.